The molecule has 3 rings (SSSR count). The molecule has 0 spiro atoms. The summed E-state index contributed by atoms with van der Waals surface area (Å²) in [5.41, 5.74) is 2.00. The van der Waals surface area contributed by atoms with Crippen molar-refractivity contribution in [3.63, 3.8) is 0 Å². The third-order valence-corrected chi connectivity index (χ3v) is 6.93. The summed E-state index contributed by atoms with van der Waals surface area (Å²) in [6.45, 7) is 6.74. The maximum Gasteiger partial charge on any atom is 0.243 e. The predicted molar refractivity (Wildman–Crippen MR) is 105 cm³/mol. The van der Waals surface area contributed by atoms with E-state index in [0.29, 0.717) is 17.5 Å². The molecule has 1 aliphatic heterocycles. The van der Waals surface area contributed by atoms with E-state index < -0.39 is 10.0 Å². The number of hydrogen-bond acceptors (Lipinski definition) is 4. The minimum Gasteiger partial charge on any atom is -0.368 e. The Morgan fingerprint density at radius 1 is 1.23 bits per heavy atom. The second-order valence-corrected chi connectivity index (χ2v) is 8.91. The second-order valence-electron chi connectivity index (χ2n) is 7.02. The maximum atomic E-state index is 13.1. The SMILES string of the molecule is CC[C@H](C)Nc1ccc([C@H]2CCCN2S(=O)(=O)c2ccc(C)cc2)cn1. The lowest BCUT2D eigenvalue weighted by atomic mass is 10.1. The van der Waals surface area contributed by atoms with Gasteiger partial charge in [0.15, 0.2) is 0 Å². The molecular formula is C20H27N3O2S. The number of rotatable bonds is 6. The first-order chi connectivity index (χ1) is 12.4. The highest BCUT2D eigenvalue weighted by molar-refractivity contribution is 7.89. The Morgan fingerprint density at radius 2 is 1.96 bits per heavy atom. The summed E-state index contributed by atoms with van der Waals surface area (Å²) < 4.78 is 27.8. The van der Waals surface area contributed by atoms with Crippen molar-refractivity contribution in [1.82, 2.24) is 9.29 Å². The van der Waals surface area contributed by atoms with Crippen LogP contribution in [0.2, 0.25) is 0 Å². The van der Waals surface area contributed by atoms with Crippen LogP contribution in [0.3, 0.4) is 0 Å². The van der Waals surface area contributed by atoms with E-state index >= 15 is 0 Å². The van der Waals surface area contributed by atoms with Crippen LogP contribution in [-0.4, -0.2) is 30.3 Å². The number of aryl methyl sites for hydroxylation is 1. The Kier molecular flexibility index (Phi) is 5.63. The molecule has 2 heterocycles. The minimum atomic E-state index is -3.50. The zero-order valence-electron chi connectivity index (χ0n) is 15.6. The largest absolute Gasteiger partial charge is 0.368 e. The van der Waals surface area contributed by atoms with Crippen LogP contribution < -0.4 is 5.32 Å². The van der Waals surface area contributed by atoms with Crippen LogP contribution in [0.1, 0.15) is 50.3 Å². The lowest BCUT2D eigenvalue weighted by Crippen LogP contribution is -2.30. The molecule has 1 fully saturated rings. The van der Waals surface area contributed by atoms with Crippen LogP contribution in [0.15, 0.2) is 47.5 Å². The fraction of sp³-hybridized carbons (Fsp3) is 0.450. The first-order valence-corrected chi connectivity index (χ1v) is 10.7. The number of pyridine rings is 1. The van der Waals surface area contributed by atoms with Gasteiger partial charge in [-0.25, -0.2) is 13.4 Å². The summed E-state index contributed by atoms with van der Waals surface area (Å²) in [6, 6.07) is 11.2. The van der Waals surface area contributed by atoms with Crippen molar-refractivity contribution >= 4 is 15.8 Å². The van der Waals surface area contributed by atoms with Gasteiger partial charge in [0, 0.05) is 18.8 Å². The summed E-state index contributed by atoms with van der Waals surface area (Å²) in [4.78, 5) is 4.84. The van der Waals surface area contributed by atoms with E-state index in [-0.39, 0.29) is 6.04 Å². The van der Waals surface area contributed by atoms with Crippen molar-refractivity contribution in [2.75, 3.05) is 11.9 Å². The molecule has 6 heteroatoms. The maximum absolute atomic E-state index is 13.1. The molecule has 1 N–H and O–H groups in total. The highest BCUT2D eigenvalue weighted by Crippen LogP contribution is 2.36. The van der Waals surface area contributed by atoms with Crippen molar-refractivity contribution in [2.24, 2.45) is 0 Å². The van der Waals surface area contributed by atoms with Crippen LogP contribution >= 0.6 is 0 Å². The fourth-order valence-corrected chi connectivity index (χ4v) is 4.93. The average Bonchev–Trinajstić information content (AvgIpc) is 3.13. The normalized spacial score (nSPS) is 19.4. The molecule has 1 aromatic heterocycles. The number of sulfonamides is 1. The van der Waals surface area contributed by atoms with Crippen molar-refractivity contribution in [2.45, 2.75) is 57.0 Å². The van der Waals surface area contributed by atoms with E-state index in [1.165, 1.54) is 0 Å². The number of aromatic nitrogens is 1. The Bertz CT molecular complexity index is 832. The van der Waals surface area contributed by atoms with Crippen molar-refractivity contribution < 1.29 is 8.42 Å². The van der Waals surface area contributed by atoms with E-state index in [2.05, 4.69) is 24.1 Å². The molecule has 0 amide bonds. The summed E-state index contributed by atoms with van der Waals surface area (Å²) in [6.07, 6.45) is 4.51. The van der Waals surface area contributed by atoms with E-state index in [9.17, 15) is 8.42 Å². The van der Waals surface area contributed by atoms with Gasteiger partial charge in [0.25, 0.3) is 0 Å². The van der Waals surface area contributed by atoms with Crippen LogP contribution in [0, 0.1) is 6.92 Å². The molecule has 1 aromatic carbocycles. The third kappa shape index (κ3) is 3.91. The van der Waals surface area contributed by atoms with Crippen LogP contribution in [0.4, 0.5) is 5.82 Å². The molecule has 1 aliphatic rings. The van der Waals surface area contributed by atoms with Gasteiger partial charge in [-0.15, -0.1) is 0 Å². The first kappa shape index (κ1) is 18.9. The van der Waals surface area contributed by atoms with Gasteiger partial charge < -0.3 is 5.32 Å². The van der Waals surface area contributed by atoms with Gasteiger partial charge in [0.05, 0.1) is 10.9 Å². The molecule has 2 aromatic rings. The lowest BCUT2D eigenvalue weighted by Gasteiger charge is -2.24. The molecule has 0 saturated carbocycles. The number of anilines is 1. The standard InChI is InChI=1S/C20H27N3O2S/c1-4-16(3)22-20-12-9-17(14-21-20)19-6-5-13-23(19)26(24,25)18-10-7-15(2)8-11-18/h7-12,14,16,19H,4-6,13H2,1-3H3,(H,21,22)/t16-,19+/m0/s1. The number of hydrogen-bond donors (Lipinski definition) is 1. The van der Waals surface area contributed by atoms with Crippen LogP contribution in [0.25, 0.3) is 0 Å². The Balaban J connectivity index is 1.82. The average molecular weight is 374 g/mol. The number of nitrogens with one attached hydrogen (secondary N) is 1. The highest BCUT2D eigenvalue weighted by atomic mass is 32.2. The van der Waals surface area contributed by atoms with Gasteiger partial charge in [-0.3, -0.25) is 0 Å². The van der Waals surface area contributed by atoms with E-state index in [4.69, 9.17) is 0 Å². The van der Waals surface area contributed by atoms with Gasteiger partial charge in [0.1, 0.15) is 5.82 Å². The van der Waals surface area contributed by atoms with Crippen LogP contribution in [-0.2, 0) is 10.0 Å². The summed E-state index contributed by atoms with van der Waals surface area (Å²) in [5.74, 6) is 0.828. The molecule has 26 heavy (non-hydrogen) atoms. The Morgan fingerprint density at radius 3 is 2.58 bits per heavy atom. The number of benzene rings is 1. The smallest absolute Gasteiger partial charge is 0.243 e. The topological polar surface area (TPSA) is 62.3 Å². The minimum absolute atomic E-state index is 0.147. The molecule has 2 atom stereocenters. The predicted octanol–water partition coefficient (Wildman–Crippen LogP) is 4.13. The summed E-state index contributed by atoms with van der Waals surface area (Å²) in [7, 11) is -3.50. The monoisotopic (exact) mass is 373 g/mol. The van der Waals surface area contributed by atoms with E-state index in [1.807, 2.05) is 31.2 Å². The van der Waals surface area contributed by atoms with Crippen LogP contribution in [0.5, 0.6) is 0 Å². The molecule has 0 radical (unpaired) electrons. The Labute approximate surface area is 156 Å². The quantitative estimate of drug-likeness (QED) is 0.827. The van der Waals surface area contributed by atoms with E-state index in [0.717, 1.165) is 36.2 Å². The lowest BCUT2D eigenvalue weighted by molar-refractivity contribution is 0.396. The second kappa shape index (κ2) is 7.76. The van der Waals surface area contributed by atoms with Gasteiger partial charge >= 0.3 is 0 Å². The molecule has 0 unspecified atom stereocenters. The van der Waals surface area contributed by atoms with Gasteiger partial charge in [-0.1, -0.05) is 30.7 Å². The fourth-order valence-electron chi connectivity index (χ4n) is 3.25. The molecule has 5 nitrogen and oxygen atoms in total. The third-order valence-electron chi connectivity index (χ3n) is 5.01. The summed E-state index contributed by atoms with van der Waals surface area (Å²) in [5, 5.41) is 3.34. The molecule has 1 saturated heterocycles. The zero-order valence-corrected chi connectivity index (χ0v) is 16.5. The molecule has 0 aliphatic carbocycles. The van der Waals surface area contributed by atoms with Crippen molar-refractivity contribution in [1.29, 1.82) is 0 Å². The molecule has 140 valence electrons. The highest BCUT2D eigenvalue weighted by Gasteiger charge is 2.36. The summed E-state index contributed by atoms with van der Waals surface area (Å²) >= 11 is 0. The van der Waals surface area contributed by atoms with Gasteiger partial charge in [-0.05, 0) is 56.9 Å². The van der Waals surface area contributed by atoms with Crippen molar-refractivity contribution in [3.05, 3.63) is 53.7 Å². The Hall–Kier alpha value is -1.92. The molecule has 0 bridgehead atoms. The number of nitrogens with zero attached hydrogens (tertiary/aromatic N) is 2. The molecular weight excluding hydrogens is 346 g/mol. The zero-order chi connectivity index (χ0) is 18.7. The van der Waals surface area contributed by atoms with E-state index in [1.54, 1.807) is 22.6 Å². The first-order valence-electron chi connectivity index (χ1n) is 9.23. The van der Waals surface area contributed by atoms with Gasteiger partial charge in [-0.2, -0.15) is 4.31 Å². The van der Waals surface area contributed by atoms with Crippen molar-refractivity contribution in [3.8, 4) is 0 Å². The van der Waals surface area contributed by atoms with Gasteiger partial charge in [0.2, 0.25) is 10.0 Å².